The van der Waals surface area contributed by atoms with Gasteiger partial charge in [-0.2, -0.15) is 0 Å². The first kappa shape index (κ1) is 35.9. The Hall–Kier alpha value is -6.36. The van der Waals surface area contributed by atoms with Gasteiger partial charge in [0.15, 0.2) is 22.9 Å². The summed E-state index contributed by atoms with van der Waals surface area (Å²) < 4.78 is 28.8. The number of nitro benzene ring substituents is 2. The second-order valence-electron chi connectivity index (χ2n) is 10.6. The van der Waals surface area contributed by atoms with E-state index in [1.807, 2.05) is 0 Å². The van der Waals surface area contributed by atoms with Crippen LogP contribution in [0.25, 0.3) is 6.08 Å². The Kier molecular flexibility index (Phi) is 10.9. The lowest BCUT2D eigenvalue weighted by molar-refractivity contribution is -0.394. The summed E-state index contributed by atoms with van der Waals surface area (Å²) in [5.74, 6) is -0.676. The smallest absolute Gasteiger partial charge is 0.343 e. The molecule has 1 aliphatic heterocycles. The molecule has 0 bridgehead atoms. The maximum atomic E-state index is 14.1. The Bertz CT molecular complexity index is 2240. The zero-order valence-electron chi connectivity index (χ0n) is 27.6. The molecule has 0 radical (unpaired) electrons. The average Bonchev–Trinajstić information content (AvgIpc) is 3.41. The molecule has 51 heavy (non-hydrogen) atoms. The van der Waals surface area contributed by atoms with Gasteiger partial charge in [-0.1, -0.05) is 29.5 Å². The van der Waals surface area contributed by atoms with E-state index in [2.05, 4.69) is 9.73 Å². The van der Waals surface area contributed by atoms with E-state index in [1.54, 1.807) is 57.2 Å². The van der Waals surface area contributed by atoms with Gasteiger partial charge in [0.25, 0.3) is 11.2 Å². The summed E-state index contributed by atoms with van der Waals surface area (Å²) in [6.45, 7) is 5.09. The number of hydrogen-bond acceptors (Lipinski definition) is 14. The van der Waals surface area contributed by atoms with Crippen LogP contribution in [0.2, 0.25) is 0 Å². The monoisotopic (exact) mass is 718 g/mol. The van der Waals surface area contributed by atoms with Crippen molar-refractivity contribution < 1.29 is 43.1 Å². The van der Waals surface area contributed by atoms with E-state index in [-0.39, 0.29) is 48.4 Å². The van der Waals surface area contributed by atoms with E-state index in [0.717, 1.165) is 29.5 Å². The van der Waals surface area contributed by atoms with Crippen LogP contribution in [0.3, 0.4) is 0 Å². The van der Waals surface area contributed by atoms with Gasteiger partial charge in [0.1, 0.15) is 5.75 Å². The molecule has 1 aromatic heterocycles. The summed E-state index contributed by atoms with van der Waals surface area (Å²) in [6.07, 6.45) is 1.62. The Balaban J connectivity index is 1.54. The fourth-order valence-electron chi connectivity index (χ4n) is 5.14. The summed E-state index contributed by atoms with van der Waals surface area (Å²) in [5.41, 5.74) is 0.126. The second kappa shape index (κ2) is 15.5. The summed E-state index contributed by atoms with van der Waals surface area (Å²) in [5, 5.41) is 22.6. The highest BCUT2D eigenvalue weighted by molar-refractivity contribution is 7.07. The molecule has 0 saturated heterocycles. The number of thiazole rings is 1. The maximum Gasteiger partial charge on any atom is 0.343 e. The van der Waals surface area contributed by atoms with Gasteiger partial charge in [0.2, 0.25) is 5.75 Å². The van der Waals surface area contributed by atoms with Crippen molar-refractivity contribution in [2.24, 2.45) is 4.99 Å². The summed E-state index contributed by atoms with van der Waals surface area (Å²) in [4.78, 5) is 65.1. The highest BCUT2D eigenvalue weighted by Gasteiger charge is 2.34. The van der Waals surface area contributed by atoms with Crippen molar-refractivity contribution in [3.05, 3.63) is 123 Å². The highest BCUT2D eigenvalue weighted by atomic mass is 32.1. The molecule has 2 heterocycles. The molecule has 264 valence electrons. The number of methoxy groups -OCH3 is 1. The number of nitro groups is 2. The number of rotatable bonds is 13. The molecule has 4 aromatic rings. The van der Waals surface area contributed by atoms with Crippen molar-refractivity contribution >= 4 is 40.7 Å². The SMILES string of the molecule is CCOC(=O)C1=C(C)N=c2s/c(=C\c3ccc(Oc4ccc([N+](=O)[O-])cc4[N+](=O)[O-])cc3)c(=O)n2[C@@H]1c1ccc(OCC(=O)OC)c(OCC)c1. The molecule has 0 N–H and O–H groups in total. The molecule has 0 aliphatic carbocycles. The first-order valence-electron chi connectivity index (χ1n) is 15.3. The Morgan fingerprint density at radius 3 is 2.31 bits per heavy atom. The van der Waals surface area contributed by atoms with Gasteiger partial charge < -0.3 is 23.7 Å². The summed E-state index contributed by atoms with van der Waals surface area (Å²) in [6, 6.07) is 13.3. The van der Waals surface area contributed by atoms with Crippen LogP contribution in [0.1, 0.15) is 37.9 Å². The van der Waals surface area contributed by atoms with E-state index in [1.165, 1.54) is 23.8 Å². The van der Waals surface area contributed by atoms with E-state index >= 15 is 0 Å². The van der Waals surface area contributed by atoms with Gasteiger partial charge in [-0.25, -0.2) is 14.6 Å². The molecule has 3 aromatic carbocycles. The number of nitrogens with zero attached hydrogens (tertiary/aromatic N) is 4. The second-order valence-corrected chi connectivity index (χ2v) is 11.7. The van der Waals surface area contributed by atoms with E-state index in [9.17, 15) is 34.6 Å². The van der Waals surface area contributed by atoms with Gasteiger partial charge in [-0.05, 0) is 68.3 Å². The van der Waals surface area contributed by atoms with Gasteiger partial charge in [-0.3, -0.25) is 29.6 Å². The number of allylic oxidation sites excluding steroid dienone is 1. The Morgan fingerprint density at radius 2 is 1.67 bits per heavy atom. The van der Waals surface area contributed by atoms with Gasteiger partial charge in [-0.15, -0.1) is 0 Å². The zero-order valence-corrected chi connectivity index (χ0v) is 28.5. The van der Waals surface area contributed by atoms with Crippen molar-refractivity contribution in [1.29, 1.82) is 0 Å². The van der Waals surface area contributed by atoms with Crippen LogP contribution in [0, 0.1) is 20.2 Å². The minimum absolute atomic E-state index is 0.0918. The van der Waals surface area contributed by atoms with E-state index < -0.39 is 44.8 Å². The van der Waals surface area contributed by atoms with Crippen molar-refractivity contribution in [1.82, 2.24) is 4.57 Å². The van der Waals surface area contributed by atoms with Crippen LogP contribution in [-0.4, -0.2) is 53.3 Å². The predicted octanol–water partition coefficient (Wildman–Crippen LogP) is 4.36. The Labute approximate surface area is 292 Å². The fourth-order valence-corrected chi connectivity index (χ4v) is 6.19. The van der Waals surface area contributed by atoms with E-state index in [4.69, 9.17) is 18.9 Å². The topological polar surface area (TPSA) is 201 Å². The number of non-ortho nitro benzene ring substituents is 1. The minimum Gasteiger partial charge on any atom is -0.490 e. The fraction of sp³-hybridized carbons (Fsp3) is 0.235. The number of ether oxygens (including phenoxy) is 5. The minimum atomic E-state index is -0.954. The molecular weight excluding hydrogens is 688 g/mol. The van der Waals surface area contributed by atoms with Crippen molar-refractivity contribution in [3.8, 4) is 23.0 Å². The third kappa shape index (κ3) is 7.78. The summed E-state index contributed by atoms with van der Waals surface area (Å²) >= 11 is 1.11. The molecule has 0 saturated carbocycles. The first-order valence-corrected chi connectivity index (χ1v) is 16.1. The maximum absolute atomic E-state index is 14.1. The molecule has 0 spiro atoms. The van der Waals surface area contributed by atoms with Crippen LogP contribution in [0.5, 0.6) is 23.0 Å². The van der Waals surface area contributed by atoms with Gasteiger partial charge in [0.05, 0.1) is 58.1 Å². The standard InChI is InChI=1S/C34H30N4O12S/c1-5-47-27-16-21(9-13-26(27)49-18-29(39)46-4)31-30(33(41)48-6-2)19(3)35-34-36(31)32(40)28(51-34)15-20-7-11-23(12-8-20)50-25-14-10-22(37(42)43)17-24(25)38(44)45/h7-17,31H,5-6,18H2,1-4H3/b28-15-/t31-/m1/s1. The van der Waals surface area contributed by atoms with Crippen molar-refractivity contribution in [2.45, 2.75) is 26.8 Å². The number of hydrogen-bond donors (Lipinski definition) is 0. The molecule has 1 aliphatic rings. The third-order valence-electron chi connectivity index (χ3n) is 7.43. The highest BCUT2D eigenvalue weighted by Crippen LogP contribution is 2.37. The average molecular weight is 719 g/mol. The lowest BCUT2D eigenvalue weighted by Gasteiger charge is -2.25. The lowest BCUT2D eigenvalue weighted by Crippen LogP contribution is -2.40. The third-order valence-corrected chi connectivity index (χ3v) is 8.41. The van der Waals surface area contributed by atoms with Crippen molar-refractivity contribution in [3.63, 3.8) is 0 Å². The molecule has 16 nitrogen and oxygen atoms in total. The number of carbonyl (C=O) groups is 2. The molecular formula is C34H30N4O12S. The van der Waals surface area contributed by atoms with Crippen LogP contribution < -0.4 is 29.1 Å². The molecule has 1 atom stereocenters. The first-order chi connectivity index (χ1) is 24.4. The Morgan fingerprint density at radius 1 is 0.941 bits per heavy atom. The number of benzene rings is 3. The molecule has 5 rings (SSSR count). The van der Waals surface area contributed by atoms with E-state index in [0.29, 0.717) is 26.2 Å². The van der Waals surface area contributed by atoms with Gasteiger partial charge >= 0.3 is 17.6 Å². The summed E-state index contributed by atoms with van der Waals surface area (Å²) in [7, 11) is 1.24. The zero-order chi connectivity index (χ0) is 36.8. The van der Waals surface area contributed by atoms with Crippen LogP contribution in [0.15, 0.2) is 81.7 Å². The van der Waals surface area contributed by atoms with Crippen LogP contribution in [-0.2, 0) is 19.1 Å². The largest absolute Gasteiger partial charge is 0.490 e. The lowest BCUT2D eigenvalue weighted by atomic mass is 9.95. The molecule has 0 fully saturated rings. The normalized spacial score (nSPS) is 13.9. The van der Waals surface area contributed by atoms with Crippen molar-refractivity contribution in [2.75, 3.05) is 26.9 Å². The number of esters is 2. The van der Waals surface area contributed by atoms with Gasteiger partial charge in [0, 0.05) is 6.07 Å². The number of carbonyl (C=O) groups excluding carboxylic acids is 2. The van der Waals surface area contributed by atoms with Crippen LogP contribution >= 0.6 is 11.3 Å². The quantitative estimate of drug-likeness (QED) is 0.108. The molecule has 0 unspecified atom stereocenters. The molecule has 17 heteroatoms. The number of fused-ring (bicyclic) bond motifs is 1. The van der Waals surface area contributed by atoms with Crippen LogP contribution in [0.4, 0.5) is 11.4 Å². The molecule has 0 amide bonds. The number of aromatic nitrogens is 1. The predicted molar refractivity (Wildman–Crippen MR) is 182 cm³/mol.